The zero-order valence-electron chi connectivity index (χ0n) is 12.5. The zero-order valence-corrected chi connectivity index (χ0v) is 13.3. The molecule has 0 bridgehead atoms. The van der Waals surface area contributed by atoms with Crippen LogP contribution in [-0.2, 0) is 25.0 Å². The summed E-state index contributed by atoms with van der Waals surface area (Å²) in [4.78, 5) is 24.7. The average Bonchev–Trinajstić information content (AvgIpc) is 2.37. The lowest BCUT2D eigenvalue weighted by atomic mass is 9.90. The molecule has 7 heteroatoms. The maximum absolute atomic E-state index is 11.7. The van der Waals surface area contributed by atoms with Crippen molar-refractivity contribution in [2.75, 3.05) is 12.8 Å². The van der Waals surface area contributed by atoms with Gasteiger partial charge in [0, 0.05) is 19.7 Å². The van der Waals surface area contributed by atoms with Crippen molar-refractivity contribution in [2.24, 2.45) is 0 Å². The van der Waals surface area contributed by atoms with E-state index in [-0.39, 0.29) is 17.3 Å². The Kier molecular flexibility index (Phi) is 4.78. The Morgan fingerprint density at radius 1 is 1.24 bits per heavy atom. The van der Waals surface area contributed by atoms with Crippen LogP contribution in [0, 0.1) is 0 Å². The monoisotopic (exact) mass is 313 g/mol. The highest BCUT2D eigenvalue weighted by Gasteiger charge is 2.42. The largest absolute Gasteiger partial charge is 0.479 e. The standard InChI is InChI=1S/C14H19NO5S/c1-5-15(10(2)16)14(3,13(17)18)11-6-8-12(9-7-11)21(4,19)20/h6-9H,5H2,1-4H3,(H,17,18). The van der Waals surface area contributed by atoms with Gasteiger partial charge in [-0.3, -0.25) is 4.79 Å². The highest BCUT2D eigenvalue weighted by atomic mass is 32.2. The molecule has 0 saturated heterocycles. The Labute approximate surface area is 124 Å². The van der Waals surface area contributed by atoms with E-state index in [9.17, 15) is 23.1 Å². The summed E-state index contributed by atoms with van der Waals surface area (Å²) in [6, 6.07) is 5.55. The van der Waals surface area contributed by atoms with Crippen molar-refractivity contribution < 1.29 is 23.1 Å². The molecule has 1 amide bonds. The van der Waals surface area contributed by atoms with E-state index in [0.717, 1.165) is 6.26 Å². The normalized spacial score (nSPS) is 14.3. The van der Waals surface area contributed by atoms with Gasteiger partial charge in [-0.2, -0.15) is 0 Å². The van der Waals surface area contributed by atoms with Crippen molar-refractivity contribution >= 4 is 21.7 Å². The van der Waals surface area contributed by atoms with Crippen molar-refractivity contribution in [3.63, 3.8) is 0 Å². The van der Waals surface area contributed by atoms with E-state index >= 15 is 0 Å². The molecule has 116 valence electrons. The molecule has 0 saturated carbocycles. The van der Waals surface area contributed by atoms with Crippen molar-refractivity contribution in [3.05, 3.63) is 29.8 Å². The summed E-state index contributed by atoms with van der Waals surface area (Å²) in [5, 5.41) is 9.55. The van der Waals surface area contributed by atoms with Crippen molar-refractivity contribution in [1.82, 2.24) is 4.90 Å². The van der Waals surface area contributed by atoms with Crippen LogP contribution in [0.4, 0.5) is 0 Å². The van der Waals surface area contributed by atoms with E-state index in [1.54, 1.807) is 6.92 Å². The van der Waals surface area contributed by atoms with Crippen LogP contribution >= 0.6 is 0 Å². The molecule has 1 aromatic carbocycles. The molecular formula is C14H19NO5S. The first-order valence-corrected chi connectivity index (χ1v) is 8.26. The molecule has 1 atom stereocenters. The van der Waals surface area contributed by atoms with E-state index in [4.69, 9.17) is 0 Å². The summed E-state index contributed by atoms with van der Waals surface area (Å²) in [6.07, 6.45) is 1.08. The smallest absolute Gasteiger partial charge is 0.334 e. The van der Waals surface area contributed by atoms with Crippen LogP contribution in [0.15, 0.2) is 29.2 Å². The van der Waals surface area contributed by atoms with E-state index in [1.165, 1.54) is 43.0 Å². The first-order valence-electron chi connectivity index (χ1n) is 6.37. The van der Waals surface area contributed by atoms with Gasteiger partial charge in [0.15, 0.2) is 15.4 Å². The van der Waals surface area contributed by atoms with E-state index in [2.05, 4.69) is 0 Å². The topological polar surface area (TPSA) is 91.8 Å². The van der Waals surface area contributed by atoms with Crippen LogP contribution in [0.1, 0.15) is 26.3 Å². The number of nitrogens with zero attached hydrogens (tertiary/aromatic N) is 1. The molecule has 6 nitrogen and oxygen atoms in total. The molecule has 1 N–H and O–H groups in total. The number of carbonyl (C=O) groups is 2. The number of likely N-dealkylation sites (N-methyl/N-ethyl adjacent to an activating group) is 1. The molecule has 0 fully saturated rings. The van der Waals surface area contributed by atoms with Crippen LogP contribution in [0.25, 0.3) is 0 Å². The van der Waals surface area contributed by atoms with Crippen LogP contribution in [0.2, 0.25) is 0 Å². The Morgan fingerprint density at radius 3 is 2.00 bits per heavy atom. The summed E-state index contributed by atoms with van der Waals surface area (Å²) in [6.45, 7) is 4.64. The van der Waals surface area contributed by atoms with E-state index < -0.39 is 21.3 Å². The Balaban J connectivity index is 3.42. The second-order valence-electron chi connectivity index (χ2n) is 4.94. The summed E-state index contributed by atoms with van der Waals surface area (Å²) in [5.74, 6) is -1.54. The highest BCUT2D eigenvalue weighted by Crippen LogP contribution is 2.29. The van der Waals surface area contributed by atoms with Crippen molar-refractivity contribution in [2.45, 2.75) is 31.2 Å². The van der Waals surface area contributed by atoms with Crippen LogP contribution in [0.5, 0.6) is 0 Å². The summed E-state index contributed by atoms with van der Waals surface area (Å²) in [7, 11) is -3.36. The van der Waals surface area contributed by atoms with Gasteiger partial charge in [-0.1, -0.05) is 12.1 Å². The van der Waals surface area contributed by atoms with Crippen molar-refractivity contribution in [3.8, 4) is 0 Å². The number of rotatable bonds is 5. The van der Waals surface area contributed by atoms with Gasteiger partial charge in [0.1, 0.15) is 0 Å². The van der Waals surface area contributed by atoms with Gasteiger partial charge >= 0.3 is 5.97 Å². The Hall–Kier alpha value is -1.89. The first-order chi connectivity index (χ1) is 9.55. The number of carboxylic acid groups (broad SMARTS) is 1. The third-order valence-electron chi connectivity index (χ3n) is 3.50. The molecule has 1 aromatic rings. The molecule has 0 spiro atoms. The quantitative estimate of drug-likeness (QED) is 0.883. The maximum atomic E-state index is 11.7. The number of amides is 1. The summed E-state index contributed by atoms with van der Waals surface area (Å²) < 4.78 is 22.9. The fraction of sp³-hybridized carbons (Fsp3) is 0.429. The minimum absolute atomic E-state index is 0.102. The average molecular weight is 313 g/mol. The fourth-order valence-electron chi connectivity index (χ4n) is 2.28. The minimum atomic E-state index is -3.36. The molecule has 1 rings (SSSR count). The third kappa shape index (κ3) is 3.24. The lowest BCUT2D eigenvalue weighted by molar-refractivity contribution is -0.158. The molecular weight excluding hydrogens is 294 g/mol. The summed E-state index contributed by atoms with van der Waals surface area (Å²) >= 11 is 0. The lowest BCUT2D eigenvalue weighted by Crippen LogP contribution is -2.51. The minimum Gasteiger partial charge on any atom is -0.479 e. The van der Waals surface area contributed by atoms with Crippen molar-refractivity contribution in [1.29, 1.82) is 0 Å². The van der Waals surface area contributed by atoms with Gasteiger partial charge in [0.2, 0.25) is 5.91 Å². The third-order valence-corrected chi connectivity index (χ3v) is 4.63. The number of carbonyl (C=O) groups excluding carboxylic acids is 1. The van der Waals surface area contributed by atoms with Gasteiger partial charge < -0.3 is 10.0 Å². The lowest BCUT2D eigenvalue weighted by Gasteiger charge is -2.37. The van der Waals surface area contributed by atoms with E-state index in [0.29, 0.717) is 5.56 Å². The number of benzene rings is 1. The number of sulfone groups is 1. The highest BCUT2D eigenvalue weighted by molar-refractivity contribution is 7.90. The number of aliphatic carboxylic acids is 1. The Bertz CT molecular complexity index is 650. The molecule has 0 aliphatic heterocycles. The fourth-order valence-corrected chi connectivity index (χ4v) is 2.91. The SMILES string of the molecule is CCN(C(C)=O)C(C)(C(=O)O)c1ccc(S(C)(=O)=O)cc1. The molecule has 0 aliphatic rings. The summed E-state index contributed by atoms with van der Waals surface area (Å²) in [5.41, 5.74) is -1.20. The first kappa shape index (κ1) is 17.2. The zero-order chi connectivity index (χ0) is 16.4. The van der Waals surface area contributed by atoms with Crippen LogP contribution in [0.3, 0.4) is 0 Å². The molecule has 1 unspecified atom stereocenters. The number of carboxylic acids is 1. The van der Waals surface area contributed by atoms with Crippen LogP contribution in [-0.4, -0.2) is 43.1 Å². The van der Waals surface area contributed by atoms with E-state index in [1.807, 2.05) is 0 Å². The second kappa shape index (κ2) is 5.85. The van der Waals surface area contributed by atoms with Crippen LogP contribution < -0.4 is 0 Å². The van der Waals surface area contributed by atoms with Gasteiger partial charge in [-0.25, -0.2) is 13.2 Å². The van der Waals surface area contributed by atoms with Gasteiger partial charge in [-0.15, -0.1) is 0 Å². The molecule has 0 aliphatic carbocycles. The predicted molar refractivity (Wildman–Crippen MR) is 77.6 cm³/mol. The Morgan fingerprint density at radius 2 is 1.71 bits per heavy atom. The second-order valence-corrected chi connectivity index (χ2v) is 6.95. The maximum Gasteiger partial charge on any atom is 0.334 e. The molecule has 21 heavy (non-hydrogen) atoms. The molecule has 0 radical (unpaired) electrons. The number of hydrogen-bond acceptors (Lipinski definition) is 4. The van der Waals surface area contributed by atoms with Gasteiger partial charge in [-0.05, 0) is 31.5 Å². The van der Waals surface area contributed by atoms with Gasteiger partial charge in [0.25, 0.3) is 0 Å². The van der Waals surface area contributed by atoms with Gasteiger partial charge in [0.05, 0.1) is 4.90 Å². The predicted octanol–water partition coefficient (Wildman–Crippen LogP) is 1.26. The molecule has 0 aromatic heterocycles. The molecule has 0 heterocycles. The number of hydrogen-bond donors (Lipinski definition) is 1.